The Morgan fingerprint density at radius 2 is 1.87 bits per heavy atom. The molecule has 1 aromatic heterocycles. The first-order valence-electron chi connectivity index (χ1n) is 8.78. The Bertz CT molecular complexity index is 976. The molecule has 0 bridgehead atoms. The van der Waals surface area contributed by atoms with Crippen LogP contribution in [0.5, 0.6) is 0 Å². The van der Waals surface area contributed by atoms with Gasteiger partial charge >= 0.3 is 41.6 Å². The molecule has 0 radical (unpaired) electrons. The fourth-order valence-electron chi connectivity index (χ4n) is 2.84. The summed E-state index contributed by atoms with van der Waals surface area (Å²) in [6, 6.07) is 10.3. The third kappa shape index (κ3) is 5.79. The van der Waals surface area contributed by atoms with Gasteiger partial charge in [-0.05, 0) is 17.7 Å². The zero-order valence-electron chi connectivity index (χ0n) is 15.5. The fraction of sp³-hybridized carbons (Fsp3) is 0.200. The summed E-state index contributed by atoms with van der Waals surface area (Å²) in [5.74, 6) is -2.19. The van der Waals surface area contributed by atoms with Gasteiger partial charge in [0.05, 0.1) is 12.5 Å². The minimum absolute atomic E-state index is 0. The van der Waals surface area contributed by atoms with E-state index < -0.39 is 35.8 Å². The van der Waals surface area contributed by atoms with Gasteiger partial charge in [-0.15, -0.1) is 11.3 Å². The summed E-state index contributed by atoms with van der Waals surface area (Å²) < 4.78 is 0. The molecule has 2 aromatic rings. The number of carbonyl (C=O) groups is 4. The molecule has 8 nitrogen and oxygen atoms in total. The number of nitrogens with one attached hydrogen (secondary N) is 2. The first-order valence-corrected chi connectivity index (χ1v) is 9.59. The Kier molecular flexibility index (Phi) is 8.36. The number of nitrogens with zero attached hydrogens (tertiary/aromatic N) is 1. The summed E-state index contributed by atoms with van der Waals surface area (Å²) in [6.45, 7) is 0. The number of hydrogen-bond acceptors (Lipinski definition) is 5. The molecule has 0 spiro atoms. The number of aliphatic carboxylic acids is 1. The van der Waals surface area contributed by atoms with E-state index in [2.05, 4.69) is 10.6 Å². The van der Waals surface area contributed by atoms with Gasteiger partial charge in [-0.3, -0.25) is 14.4 Å². The van der Waals surface area contributed by atoms with Crippen LogP contribution in [0.1, 0.15) is 17.3 Å². The van der Waals surface area contributed by atoms with Gasteiger partial charge in [0, 0.05) is 29.1 Å². The summed E-state index contributed by atoms with van der Waals surface area (Å²) in [7, 11) is 1.47. The average molecular weight is 437 g/mol. The van der Waals surface area contributed by atoms with Crippen LogP contribution in [0.4, 0.5) is 4.79 Å². The van der Waals surface area contributed by atoms with Crippen LogP contribution in [0.2, 0.25) is 0 Å². The molecule has 0 aliphatic carbocycles. The molecule has 1 aliphatic rings. The number of urea groups is 1. The standard InChI is InChI=1S/C20H19N3O5S.Na.H/c1-23-10-9-14(24)18(19(23)27)22-20(28)21-13(11-17(25)26)16-8-7-15(29-16)12-5-3-2-4-6-12;;/h2-10,13,18H,11H2,1H3,(H,25,26)(H2,21,22,28);;/t13-,18?;;/m0../s1. The quantitative estimate of drug-likeness (QED) is 0.468. The Hall–Kier alpha value is -2.46. The van der Waals surface area contributed by atoms with Crippen LogP contribution in [-0.4, -0.2) is 76.3 Å². The van der Waals surface area contributed by atoms with Crippen molar-refractivity contribution in [2.75, 3.05) is 7.05 Å². The van der Waals surface area contributed by atoms with Gasteiger partial charge in [-0.2, -0.15) is 0 Å². The summed E-state index contributed by atoms with van der Waals surface area (Å²) in [4.78, 5) is 50.5. The number of carboxylic acids is 1. The molecule has 1 aliphatic heterocycles. The molecule has 2 atom stereocenters. The van der Waals surface area contributed by atoms with Gasteiger partial charge in [0.25, 0.3) is 5.91 Å². The average Bonchev–Trinajstić information content (AvgIpc) is 3.18. The Morgan fingerprint density at radius 1 is 1.17 bits per heavy atom. The van der Waals surface area contributed by atoms with Crippen LogP contribution >= 0.6 is 11.3 Å². The second kappa shape index (κ2) is 10.5. The van der Waals surface area contributed by atoms with Crippen LogP contribution in [0.25, 0.3) is 10.4 Å². The van der Waals surface area contributed by atoms with Crippen molar-refractivity contribution in [2.24, 2.45) is 0 Å². The Balaban J connectivity index is 0.00000320. The summed E-state index contributed by atoms with van der Waals surface area (Å²) in [6.07, 6.45) is 2.19. The van der Waals surface area contributed by atoms with E-state index in [0.717, 1.165) is 10.4 Å². The van der Waals surface area contributed by atoms with E-state index in [0.29, 0.717) is 4.88 Å². The van der Waals surface area contributed by atoms with E-state index in [1.54, 1.807) is 6.07 Å². The maximum absolute atomic E-state index is 12.4. The molecular formula is C20H20N3NaO5S. The number of ketones is 1. The predicted octanol–water partition coefficient (Wildman–Crippen LogP) is 1.51. The van der Waals surface area contributed by atoms with Crippen LogP contribution in [0.3, 0.4) is 0 Å². The van der Waals surface area contributed by atoms with Crippen LogP contribution < -0.4 is 10.6 Å². The molecule has 1 unspecified atom stereocenters. The van der Waals surface area contributed by atoms with E-state index in [4.69, 9.17) is 0 Å². The van der Waals surface area contributed by atoms with Gasteiger partial charge < -0.3 is 20.6 Å². The molecule has 3 rings (SSSR count). The number of hydrogen-bond donors (Lipinski definition) is 3. The topological polar surface area (TPSA) is 116 Å². The number of likely N-dealkylation sites (N-methyl/N-ethyl adjacent to an activating group) is 1. The summed E-state index contributed by atoms with van der Waals surface area (Å²) in [5.41, 5.74) is 0.982. The van der Waals surface area contributed by atoms with Gasteiger partial charge in [0.1, 0.15) is 0 Å². The Labute approximate surface area is 199 Å². The molecule has 10 heteroatoms. The van der Waals surface area contributed by atoms with E-state index in [1.165, 1.54) is 35.6 Å². The molecule has 152 valence electrons. The zero-order valence-corrected chi connectivity index (χ0v) is 16.3. The molecule has 0 saturated carbocycles. The number of carbonyl (C=O) groups excluding carboxylic acids is 3. The first-order chi connectivity index (χ1) is 13.8. The Morgan fingerprint density at radius 3 is 2.53 bits per heavy atom. The van der Waals surface area contributed by atoms with Gasteiger partial charge in [-0.1, -0.05) is 30.3 Å². The molecule has 0 fully saturated rings. The second-order valence-corrected chi connectivity index (χ2v) is 7.55. The van der Waals surface area contributed by atoms with E-state index in [1.807, 2.05) is 36.4 Å². The van der Waals surface area contributed by atoms with E-state index in [-0.39, 0.29) is 36.0 Å². The van der Waals surface area contributed by atoms with Crippen LogP contribution in [-0.2, 0) is 14.4 Å². The number of thiophene rings is 1. The molecule has 0 saturated heterocycles. The third-order valence-electron chi connectivity index (χ3n) is 4.33. The molecule has 1 aromatic carbocycles. The SMILES string of the molecule is CN1C=CC(=O)C(NC(=O)N[C@@H](CC(=O)O)c2ccc(-c3ccccc3)s2)C1=O.[NaH]. The van der Waals surface area contributed by atoms with Crippen molar-refractivity contribution < 1.29 is 24.3 Å². The molecule has 2 heterocycles. The molecular weight excluding hydrogens is 417 g/mol. The number of carboxylic acid groups (broad SMARTS) is 1. The van der Waals surface area contributed by atoms with Crippen LogP contribution in [0, 0.1) is 0 Å². The van der Waals surface area contributed by atoms with E-state index in [9.17, 15) is 24.3 Å². The molecule has 30 heavy (non-hydrogen) atoms. The number of amides is 3. The van der Waals surface area contributed by atoms with Crippen molar-refractivity contribution in [3.63, 3.8) is 0 Å². The first kappa shape index (κ1) is 23.8. The van der Waals surface area contributed by atoms with Crippen molar-refractivity contribution in [1.29, 1.82) is 0 Å². The molecule has 3 amide bonds. The van der Waals surface area contributed by atoms with Crippen LogP contribution in [0.15, 0.2) is 54.7 Å². The van der Waals surface area contributed by atoms with Gasteiger partial charge in [0.15, 0.2) is 11.8 Å². The summed E-state index contributed by atoms with van der Waals surface area (Å²) in [5, 5.41) is 14.1. The molecule has 3 N–H and O–H groups in total. The van der Waals surface area contributed by atoms with Gasteiger partial charge in [0.2, 0.25) is 0 Å². The summed E-state index contributed by atoms with van der Waals surface area (Å²) >= 11 is 1.37. The van der Waals surface area contributed by atoms with Crippen molar-refractivity contribution in [1.82, 2.24) is 15.5 Å². The van der Waals surface area contributed by atoms with Crippen molar-refractivity contribution >= 4 is 64.6 Å². The number of benzene rings is 1. The van der Waals surface area contributed by atoms with Gasteiger partial charge in [-0.25, -0.2) is 4.79 Å². The maximum atomic E-state index is 12.4. The third-order valence-corrected chi connectivity index (χ3v) is 5.58. The zero-order chi connectivity index (χ0) is 21.0. The predicted molar refractivity (Wildman–Crippen MR) is 114 cm³/mol. The van der Waals surface area contributed by atoms with E-state index >= 15 is 0 Å². The number of rotatable bonds is 6. The second-order valence-electron chi connectivity index (χ2n) is 6.44. The van der Waals surface area contributed by atoms with Crippen molar-refractivity contribution in [3.8, 4) is 10.4 Å². The fourth-order valence-corrected chi connectivity index (χ4v) is 3.90. The van der Waals surface area contributed by atoms with Crippen molar-refractivity contribution in [2.45, 2.75) is 18.5 Å². The normalized spacial score (nSPS) is 16.6. The minimum atomic E-state index is -1.33. The van der Waals surface area contributed by atoms with Crippen molar-refractivity contribution in [3.05, 3.63) is 59.6 Å². The monoisotopic (exact) mass is 437 g/mol.